The Morgan fingerprint density at radius 3 is 2.74 bits per heavy atom. The largest absolute Gasteiger partial charge is 0.274 e. The van der Waals surface area contributed by atoms with Crippen LogP contribution >= 0.6 is 0 Å². The zero-order chi connectivity index (χ0) is 13.8. The molecule has 2 amide bonds. The number of hydrogen-bond acceptors (Lipinski definition) is 4. The summed E-state index contributed by atoms with van der Waals surface area (Å²) in [6.45, 7) is 3.11. The second kappa shape index (κ2) is 5.43. The van der Waals surface area contributed by atoms with Crippen LogP contribution < -0.4 is 10.4 Å². The number of carbonyl (C=O) groups is 2. The molecule has 6 nitrogen and oxygen atoms in total. The zero-order valence-electron chi connectivity index (χ0n) is 10.7. The number of anilines is 1. The van der Waals surface area contributed by atoms with E-state index in [1.54, 1.807) is 6.92 Å². The van der Waals surface area contributed by atoms with E-state index in [0.29, 0.717) is 11.4 Å². The van der Waals surface area contributed by atoms with Crippen LogP contribution in [0.1, 0.15) is 13.8 Å². The van der Waals surface area contributed by atoms with Gasteiger partial charge in [0, 0.05) is 13.1 Å². The summed E-state index contributed by atoms with van der Waals surface area (Å²) in [5.74, 6) is -0.999. The third-order valence-electron chi connectivity index (χ3n) is 2.63. The highest BCUT2D eigenvalue weighted by molar-refractivity contribution is 6.23. The fourth-order valence-corrected chi connectivity index (χ4v) is 1.71. The van der Waals surface area contributed by atoms with Crippen LogP contribution in [0, 0.1) is 5.92 Å². The Morgan fingerprint density at radius 1 is 1.42 bits per heavy atom. The van der Waals surface area contributed by atoms with E-state index in [0.717, 1.165) is 0 Å². The first-order valence-electron chi connectivity index (χ1n) is 5.83. The van der Waals surface area contributed by atoms with Crippen LogP contribution in [0.15, 0.2) is 40.5 Å². The molecule has 1 unspecified atom stereocenters. The second-order valence-corrected chi connectivity index (χ2v) is 4.15. The van der Waals surface area contributed by atoms with E-state index in [9.17, 15) is 9.59 Å². The lowest BCUT2D eigenvalue weighted by atomic mass is 10.1. The number of hydrazone groups is 2. The maximum Gasteiger partial charge on any atom is 0.261 e. The van der Waals surface area contributed by atoms with Gasteiger partial charge in [0.05, 0.1) is 11.4 Å². The molecule has 2 rings (SSSR count). The van der Waals surface area contributed by atoms with Crippen molar-refractivity contribution in [2.24, 2.45) is 16.1 Å². The number of nitrogens with zero attached hydrogens (tertiary/aromatic N) is 3. The number of carbonyl (C=O) groups excluding carboxylic acids is 2. The summed E-state index contributed by atoms with van der Waals surface area (Å²) in [4.78, 5) is 22.9. The first-order valence-corrected chi connectivity index (χ1v) is 5.83. The molecule has 0 aromatic heterocycles. The van der Waals surface area contributed by atoms with Crippen molar-refractivity contribution >= 4 is 29.4 Å². The molecule has 1 aliphatic rings. The van der Waals surface area contributed by atoms with Crippen LogP contribution in [0.5, 0.6) is 0 Å². The first kappa shape index (κ1) is 12.9. The molecule has 1 heterocycles. The van der Waals surface area contributed by atoms with Crippen LogP contribution in [-0.4, -0.2) is 23.7 Å². The van der Waals surface area contributed by atoms with Crippen molar-refractivity contribution in [2.75, 3.05) is 5.01 Å². The second-order valence-electron chi connectivity index (χ2n) is 4.15. The molecule has 1 aromatic carbocycles. The number of benzene rings is 1. The zero-order valence-corrected chi connectivity index (χ0v) is 10.7. The van der Waals surface area contributed by atoms with Crippen molar-refractivity contribution in [3.8, 4) is 0 Å². The molecule has 98 valence electrons. The average molecular weight is 258 g/mol. The average Bonchev–Trinajstić information content (AvgIpc) is 2.67. The topological polar surface area (TPSA) is 74.1 Å². The summed E-state index contributed by atoms with van der Waals surface area (Å²) < 4.78 is 0. The normalized spacial score (nSPS) is 18.8. The molecular weight excluding hydrogens is 244 g/mol. The monoisotopic (exact) mass is 258 g/mol. The molecule has 1 aliphatic heterocycles. The van der Waals surface area contributed by atoms with E-state index in [4.69, 9.17) is 0 Å². The lowest BCUT2D eigenvalue weighted by molar-refractivity contribution is -0.119. The van der Waals surface area contributed by atoms with E-state index in [-0.39, 0.29) is 11.8 Å². The van der Waals surface area contributed by atoms with E-state index >= 15 is 0 Å². The summed E-state index contributed by atoms with van der Waals surface area (Å²) in [5, 5.41) is 9.29. The van der Waals surface area contributed by atoms with Crippen LogP contribution in [0.4, 0.5) is 5.69 Å². The van der Waals surface area contributed by atoms with Crippen LogP contribution in [0.2, 0.25) is 0 Å². The summed E-state index contributed by atoms with van der Waals surface area (Å²) in [6.07, 6.45) is 1.39. The van der Waals surface area contributed by atoms with Gasteiger partial charge >= 0.3 is 0 Å². The standard InChI is InChI=1S/C13H14N4O2/c1-9-12(8-14-15-10(2)18)13(19)17(16-9)11-6-4-3-5-7-11/h3-8,12H,1-2H3,(H,15,18)/b14-8+. The van der Waals surface area contributed by atoms with E-state index in [2.05, 4.69) is 15.6 Å². The van der Waals surface area contributed by atoms with Gasteiger partial charge in [-0.15, -0.1) is 0 Å². The predicted molar refractivity (Wildman–Crippen MR) is 72.8 cm³/mol. The minimum atomic E-state index is -0.535. The summed E-state index contributed by atoms with van der Waals surface area (Å²) in [6, 6.07) is 9.17. The Bertz CT molecular complexity index is 551. The van der Waals surface area contributed by atoms with Crippen LogP contribution in [0.3, 0.4) is 0 Å². The van der Waals surface area contributed by atoms with Gasteiger partial charge in [-0.1, -0.05) is 18.2 Å². The van der Waals surface area contributed by atoms with Crippen LogP contribution in [-0.2, 0) is 9.59 Å². The Labute approximate surface area is 110 Å². The Balaban J connectivity index is 2.15. The summed E-state index contributed by atoms with van der Waals surface area (Å²) in [7, 11) is 0. The van der Waals surface area contributed by atoms with E-state index in [1.807, 2.05) is 30.3 Å². The number of para-hydroxylation sites is 1. The molecule has 0 saturated carbocycles. The van der Waals surface area contributed by atoms with Crippen molar-refractivity contribution < 1.29 is 9.59 Å². The van der Waals surface area contributed by atoms with Gasteiger partial charge in [-0.2, -0.15) is 15.2 Å². The Hall–Kier alpha value is -2.50. The molecule has 0 spiro atoms. The van der Waals surface area contributed by atoms with Crippen molar-refractivity contribution in [3.05, 3.63) is 30.3 Å². The summed E-state index contributed by atoms with van der Waals surface area (Å²) >= 11 is 0. The molecule has 0 bridgehead atoms. The van der Waals surface area contributed by atoms with Gasteiger partial charge in [0.1, 0.15) is 5.92 Å². The highest BCUT2D eigenvalue weighted by Crippen LogP contribution is 2.22. The third-order valence-corrected chi connectivity index (χ3v) is 2.63. The van der Waals surface area contributed by atoms with Crippen molar-refractivity contribution in [1.82, 2.24) is 5.43 Å². The smallest absolute Gasteiger partial charge is 0.261 e. The van der Waals surface area contributed by atoms with Crippen LogP contribution in [0.25, 0.3) is 0 Å². The maximum absolute atomic E-state index is 12.2. The maximum atomic E-state index is 12.2. The fraction of sp³-hybridized carbons (Fsp3) is 0.231. The highest BCUT2D eigenvalue weighted by atomic mass is 16.2. The fourth-order valence-electron chi connectivity index (χ4n) is 1.71. The number of nitrogens with one attached hydrogen (secondary N) is 1. The molecule has 19 heavy (non-hydrogen) atoms. The van der Waals surface area contributed by atoms with E-state index < -0.39 is 5.92 Å². The highest BCUT2D eigenvalue weighted by Gasteiger charge is 2.33. The molecule has 0 radical (unpaired) electrons. The van der Waals surface area contributed by atoms with Crippen molar-refractivity contribution in [2.45, 2.75) is 13.8 Å². The Kier molecular flexibility index (Phi) is 3.70. The predicted octanol–water partition coefficient (Wildman–Crippen LogP) is 1.15. The summed E-state index contributed by atoms with van der Waals surface area (Å²) in [5.41, 5.74) is 3.62. The van der Waals surface area contributed by atoms with Gasteiger partial charge < -0.3 is 0 Å². The molecular formula is C13H14N4O2. The molecule has 0 aliphatic carbocycles. The molecule has 1 N–H and O–H groups in total. The van der Waals surface area contributed by atoms with Gasteiger partial charge in [-0.3, -0.25) is 9.59 Å². The van der Waals surface area contributed by atoms with Crippen molar-refractivity contribution in [1.29, 1.82) is 0 Å². The molecule has 0 fully saturated rings. The van der Waals surface area contributed by atoms with E-state index in [1.165, 1.54) is 18.1 Å². The van der Waals surface area contributed by atoms with Gasteiger partial charge in [-0.05, 0) is 19.1 Å². The lowest BCUT2D eigenvalue weighted by Gasteiger charge is -2.12. The molecule has 6 heteroatoms. The number of rotatable bonds is 3. The SMILES string of the molecule is CC(=O)N/N=C/C1C(=O)N(c2ccccc2)N=C1C. The minimum Gasteiger partial charge on any atom is -0.274 e. The number of hydrogen-bond donors (Lipinski definition) is 1. The van der Waals surface area contributed by atoms with Gasteiger partial charge in [0.2, 0.25) is 5.91 Å². The molecule has 1 aromatic rings. The van der Waals surface area contributed by atoms with Crippen molar-refractivity contribution in [3.63, 3.8) is 0 Å². The Morgan fingerprint density at radius 2 is 2.11 bits per heavy atom. The van der Waals surface area contributed by atoms with Gasteiger partial charge in [0.25, 0.3) is 5.91 Å². The van der Waals surface area contributed by atoms with Gasteiger partial charge in [0.15, 0.2) is 0 Å². The minimum absolute atomic E-state index is 0.183. The van der Waals surface area contributed by atoms with Gasteiger partial charge in [-0.25, -0.2) is 5.43 Å². The number of amides is 2. The quantitative estimate of drug-likeness (QED) is 0.652. The third kappa shape index (κ3) is 2.85. The molecule has 0 saturated heterocycles. The molecule has 1 atom stereocenters. The lowest BCUT2D eigenvalue weighted by Crippen LogP contribution is -2.28. The first-order chi connectivity index (χ1) is 9.09.